The zero-order chi connectivity index (χ0) is 23.1. The van der Waals surface area contributed by atoms with Gasteiger partial charge in [0, 0.05) is 25.0 Å². The van der Waals surface area contributed by atoms with Crippen molar-refractivity contribution in [3.63, 3.8) is 0 Å². The minimum Gasteiger partial charge on any atom is -0.406 e. The van der Waals surface area contributed by atoms with Crippen molar-refractivity contribution >= 4 is 27.1 Å². The Labute approximate surface area is 183 Å². The number of fused-ring (bicyclic) bond motifs is 1. The summed E-state index contributed by atoms with van der Waals surface area (Å²) >= 11 is 0. The van der Waals surface area contributed by atoms with Crippen LogP contribution < -0.4 is 9.64 Å². The summed E-state index contributed by atoms with van der Waals surface area (Å²) in [5, 5.41) is 0. The van der Waals surface area contributed by atoms with Crippen LogP contribution in [0.5, 0.6) is 5.75 Å². The molecule has 0 aromatic heterocycles. The molecule has 2 heterocycles. The van der Waals surface area contributed by atoms with Gasteiger partial charge in [0.05, 0.1) is 10.6 Å². The van der Waals surface area contributed by atoms with E-state index in [4.69, 9.17) is 0 Å². The molecule has 0 unspecified atom stereocenters. The van der Waals surface area contributed by atoms with Crippen LogP contribution in [0.2, 0.25) is 0 Å². The van der Waals surface area contributed by atoms with Crippen molar-refractivity contribution in [2.45, 2.75) is 31.0 Å². The molecule has 0 radical (unpaired) electrons. The van der Waals surface area contributed by atoms with Crippen molar-refractivity contribution in [2.24, 2.45) is 5.92 Å². The number of rotatable bonds is 3. The van der Waals surface area contributed by atoms with Crippen molar-refractivity contribution in [1.82, 2.24) is 4.90 Å². The smallest absolute Gasteiger partial charge is 0.406 e. The van der Waals surface area contributed by atoms with E-state index >= 15 is 0 Å². The number of nitrogens with zero attached hydrogens (tertiary/aromatic N) is 2. The van der Waals surface area contributed by atoms with Crippen molar-refractivity contribution in [2.75, 3.05) is 18.0 Å². The first-order valence-electron chi connectivity index (χ1n) is 10.1. The van der Waals surface area contributed by atoms with Crippen LogP contribution in [0.25, 0.3) is 0 Å². The lowest BCUT2D eigenvalue weighted by Crippen LogP contribution is -2.41. The van der Waals surface area contributed by atoms with Gasteiger partial charge in [-0.25, -0.2) is 8.42 Å². The fraction of sp³-hybridized carbons (Fsp3) is 0.318. The van der Waals surface area contributed by atoms with Gasteiger partial charge in [-0.2, -0.15) is 0 Å². The molecular weight excluding hydrogens is 445 g/mol. The summed E-state index contributed by atoms with van der Waals surface area (Å²) in [7, 11) is -4.06. The second kappa shape index (κ2) is 8.16. The van der Waals surface area contributed by atoms with Crippen molar-refractivity contribution in [1.29, 1.82) is 0 Å². The van der Waals surface area contributed by atoms with E-state index in [2.05, 4.69) is 11.7 Å². The first-order chi connectivity index (χ1) is 15.1. The van der Waals surface area contributed by atoms with Gasteiger partial charge in [-0.1, -0.05) is 19.1 Å². The Bertz CT molecular complexity index is 1150. The quantitative estimate of drug-likeness (QED) is 0.661. The molecule has 2 aromatic carbocycles. The van der Waals surface area contributed by atoms with Crippen LogP contribution in [0.15, 0.2) is 64.5 Å². The molecule has 1 fully saturated rings. The molecule has 2 aliphatic heterocycles. The van der Waals surface area contributed by atoms with E-state index in [9.17, 15) is 26.4 Å². The maximum absolute atomic E-state index is 13.3. The molecule has 10 heteroatoms. The molecule has 32 heavy (non-hydrogen) atoms. The number of alkyl halides is 3. The van der Waals surface area contributed by atoms with Crippen LogP contribution in [0.1, 0.15) is 19.8 Å². The second-order valence-corrected chi connectivity index (χ2v) is 9.74. The molecule has 1 amide bonds. The Kier molecular flexibility index (Phi) is 5.66. The maximum atomic E-state index is 13.3. The van der Waals surface area contributed by atoms with E-state index in [1.54, 1.807) is 18.2 Å². The first kappa shape index (κ1) is 22.2. The summed E-state index contributed by atoms with van der Waals surface area (Å²) in [4.78, 5) is 15.8. The van der Waals surface area contributed by atoms with E-state index < -0.39 is 27.9 Å². The minimum atomic E-state index is -4.82. The van der Waals surface area contributed by atoms with E-state index in [1.165, 1.54) is 34.2 Å². The summed E-state index contributed by atoms with van der Waals surface area (Å²) in [6.45, 7) is 3.03. The van der Waals surface area contributed by atoms with Gasteiger partial charge in [0.15, 0.2) is 4.91 Å². The highest BCUT2D eigenvalue weighted by atomic mass is 32.2. The van der Waals surface area contributed by atoms with Crippen LogP contribution in [0.4, 0.5) is 24.5 Å². The molecule has 0 spiro atoms. The highest BCUT2D eigenvalue weighted by Crippen LogP contribution is 2.40. The van der Waals surface area contributed by atoms with E-state index in [0.29, 0.717) is 30.4 Å². The molecule has 0 saturated carbocycles. The van der Waals surface area contributed by atoms with Crippen LogP contribution >= 0.6 is 0 Å². The second-order valence-electron chi connectivity index (χ2n) is 7.85. The molecule has 4 rings (SSSR count). The lowest BCUT2D eigenvalue weighted by Gasteiger charge is -2.33. The summed E-state index contributed by atoms with van der Waals surface area (Å²) in [5.41, 5.74) is 0.695. The topological polar surface area (TPSA) is 66.9 Å². The van der Waals surface area contributed by atoms with Crippen LogP contribution in [-0.4, -0.2) is 38.7 Å². The Morgan fingerprint density at radius 3 is 2.28 bits per heavy atom. The lowest BCUT2D eigenvalue weighted by molar-refractivity contribution is -0.274. The number of anilines is 2. The average molecular weight is 466 g/mol. The monoisotopic (exact) mass is 466 g/mol. The van der Waals surface area contributed by atoms with Gasteiger partial charge in [0.2, 0.25) is 9.84 Å². The van der Waals surface area contributed by atoms with E-state index in [1.807, 2.05) is 0 Å². The van der Waals surface area contributed by atoms with Gasteiger partial charge in [-0.3, -0.25) is 4.79 Å². The molecule has 0 N–H and O–H groups in total. The Balaban J connectivity index is 1.74. The number of hydrogen-bond acceptors (Lipinski definition) is 5. The predicted octanol–water partition coefficient (Wildman–Crippen LogP) is 4.61. The van der Waals surface area contributed by atoms with Gasteiger partial charge in [-0.05, 0) is 55.2 Å². The third-order valence-corrected chi connectivity index (χ3v) is 7.36. The normalized spacial score (nSPS) is 18.7. The fourth-order valence-corrected chi connectivity index (χ4v) is 5.36. The van der Waals surface area contributed by atoms with Gasteiger partial charge in [0.25, 0.3) is 5.91 Å². The Hall–Kier alpha value is -3.01. The predicted molar refractivity (Wildman–Crippen MR) is 112 cm³/mol. The molecular formula is C22H21F3N2O4S. The van der Waals surface area contributed by atoms with E-state index in [0.717, 1.165) is 25.0 Å². The molecule has 1 saturated heterocycles. The molecule has 0 bridgehead atoms. The standard InChI is InChI=1S/C22H21F3N2O4S/c1-15-10-12-26(13-11-15)21(28)20-14-27(18-4-2-3-5-19(18)32(20,29)30)16-6-8-17(9-7-16)31-22(23,24)25/h2-9,14-15H,10-13H2,1H3. The molecule has 0 aliphatic carbocycles. The molecule has 6 nitrogen and oxygen atoms in total. The molecule has 170 valence electrons. The van der Waals surface area contributed by atoms with Gasteiger partial charge < -0.3 is 14.5 Å². The number of likely N-dealkylation sites (tertiary alicyclic amines) is 1. The summed E-state index contributed by atoms with van der Waals surface area (Å²) in [6, 6.07) is 11.2. The highest BCUT2D eigenvalue weighted by Gasteiger charge is 2.38. The number of carbonyl (C=O) groups excluding carboxylic acids is 1. The number of ether oxygens (including phenoxy) is 1. The lowest BCUT2D eigenvalue weighted by atomic mass is 9.99. The number of benzene rings is 2. The van der Waals surface area contributed by atoms with Crippen LogP contribution in [0, 0.1) is 5.92 Å². The number of halogens is 3. The Morgan fingerprint density at radius 2 is 1.66 bits per heavy atom. The number of hydrogen-bond donors (Lipinski definition) is 0. The number of carbonyl (C=O) groups is 1. The summed E-state index contributed by atoms with van der Waals surface area (Å²) < 4.78 is 67.8. The first-order valence-corrected chi connectivity index (χ1v) is 11.5. The molecule has 2 aliphatic rings. The minimum absolute atomic E-state index is 0.0353. The fourth-order valence-electron chi connectivity index (χ4n) is 3.82. The third-order valence-electron chi connectivity index (χ3n) is 5.58. The van der Waals surface area contributed by atoms with E-state index in [-0.39, 0.29) is 9.80 Å². The van der Waals surface area contributed by atoms with Crippen LogP contribution in [-0.2, 0) is 14.6 Å². The van der Waals surface area contributed by atoms with Gasteiger partial charge in [0.1, 0.15) is 5.75 Å². The van der Waals surface area contributed by atoms with Gasteiger partial charge in [-0.15, -0.1) is 13.2 Å². The third kappa shape index (κ3) is 4.32. The number of sulfone groups is 1. The highest BCUT2D eigenvalue weighted by molar-refractivity contribution is 7.96. The van der Waals surface area contributed by atoms with Crippen molar-refractivity contribution in [3.05, 3.63) is 59.6 Å². The number of para-hydroxylation sites is 1. The van der Waals surface area contributed by atoms with Crippen molar-refractivity contribution in [3.8, 4) is 5.75 Å². The average Bonchev–Trinajstić information content (AvgIpc) is 2.74. The number of piperidine rings is 1. The maximum Gasteiger partial charge on any atom is 0.573 e. The SMILES string of the molecule is CC1CCN(C(=O)C2=CN(c3ccc(OC(F)(F)F)cc3)c3ccccc3S2(=O)=O)CC1. The van der Waals surface area contributed by atoms with Crippen molar-refractivity contribution < 1.29 is 31.1 Å². The zero-order valence-corrected chi connectivity index (χ0v) is 18.0. The number of amides is 1. The van der Waals surface area contributed by atoms with Crippen LogP contribution in [0.3, 0.4) is 0 Å². The summed E-state index contributed by atoms with van der Waals surface area (Å²) in [6.07, 6.45) is -1.99. The van der Waals surface area contributed by atoms with Gasteiger partial charge >= 0.3 is 6.36 Å². The Morgan fingerprint density at radius 1 is 1.03 bits per heavy atom. The molecule has 0 atom stereocenters. The zero-order valence-electron chi connectivity index (χ0n) is 17.2. The molecule has 2 aromatic rings. The largest absolute Gasteiger partial charge is 0.573 e. The summed E-state index contributed by atoms with van der Waals surface area (Å²) in [5.74, 6) is -0.513.